The molecule has 8 heteroatoms. The summed E-state index contributed by atoms with van der Waals surface area (Å²) in [7, 11) is 0. The first-order chi connectivity index (χ1) is 13.5. The van der Waals surface area contributed by atoms with Crippen molar-refractivity contribution in [1.82, 2.24) is 20.2 Å². The van der Waals surface area contributed by atoms with E-state index >= 15 is 0 Å². The summed E-state index contributed by atoms with van der Waals surface area (Å²) in [6.45, 7) is 9.40. The third kappa shape index (κ3) is 5.57. The van der Waals surface area contributed by atoms with Crippen LogP contribution in [0.3, 0.4) is 0 Å². The number of hydrogen-bond acceptors (Lipinski definition) is 3. The summed E-state index contributed by atoms with van der Waals surface area (Å²) in [4.78, 5) is 4.69. The Bertz CT molecular complexity index is 830. The molecule has 1 aromatic heterocycles. The van der Waals surface area contributed by atoms with E-state index in [1.165, 1.54) is 6.07 Å². The number of benzene rings is 1. The van der Waals surface area contributed by atoms with Gasteiger partial charge in [0.1, 0.15) is 11.6 Å². The van der Waals surface area contributed by atoms with Crippen LogP contribution in [-0.2, 0) is 12.7 Å². The zero-order valence-electron chi connectivity index (χ0n) is 17.0. The quantitative estimate of drug-likeness (QED) is 0.708. The van der Waals surface area contributed by atoms with E-state index in [1.54, 1.807) is 6.20 Å². The van der Waals surface area contributed by atoms with E-state index < -0.39 is 17.6 Å². The lowest BCUT2D eigenvalue weighted by Gasteiger charge is -2.24. The molecule has 1 aliphatic heterocycles. The minimum Gasteiger partial charge on any atom is -0.333 e. The van der Waals surface area contributed by atoms with Crippen molar-refractivity contribution in [2.45, 2.75) is 57.8 Å². The van der Waals surface area contributed by atoms with Gasteiger partial charge < -0.3 is 15.2 Å². The molecule has 1 fully saturated rings. The van der Waals surface area contributed by atoms with Crippen LogP contribution < -0.4 is 10.6 Å². The highest BCUT2D eigenvalue weighted by molar-refractivity contribution is 5.60. The fourth-order valence-electron chi connectivity index (χ4n) is 3.61. The van der Waals surface area contributed by atoms with Crippen LogP contribution in [0.5, 0.6) is 0 Å². The zero-order chi connectivity index (χ0) is 21.2. The predicted octanol–water partition coefficient (Wildman–Crippen LogP) is 4.56. The highest BCUT2D eigenvalue weighted by atomic mass is 19.4. The fourth-order valence-corrected chi connectivity index (χ4v) is 3.61. The number of nitrogens with zero attached hydrogens (tertiary/aromatic N) is 2. The van der Waals surface area contributed by atoms with E-state index in [4.69, 9.17) is 0 Å². The maximum atomic E-state index is 13.7. The maximum Gasteiger partial charge on any atom is 0.419 e. The van der Waals surface area contributed by atoms with Gasteiger partial charge in [0.15, 0.2) is 0 Å². The second-order valence-electron chi connectivity index (χ2n) is 8.57. The molecule has 1 saturated heterocycles. The predicted molar refractivity (Wildman–Crippen MR) is 105 cm³/mol. The van der Waals surface area contributed by atoms with Gasteiger partial charge >= 0.3 is 6.18 Å². The Kier molecular flexibility index (Phi) is 6.33. The van der Waals surface area contributed by atoms with Crippen LogP contribution >= 0.6 is 0 Å². The van der Waals surface area contributed by atoms with Gasteiger partial charge in [0.25, 0.3) is 0 Å². The summed E-state index contributed by atoms with van der Waals surface area (Å²) in [5, 5.41) is 6.75. The number of alkyl halides is 3. The van der Waals surface area contributed by atoms with E-state index in [-0.39, 0.29) is 17.0 Å². The van der Waals surface area contributed by atoms with Crippen molar-refractivity contribution in [2.75, 3.05) is 19.6 Å². The Morgan fingerprint density at radius 1 is 1.17 bits per heavy atom. The number of hydrogen-bond donors (Lipinski definition) is 2. The molecular formula is C21H28F4N4. The van der Waals surface area contributed by atoms with Crippen molar-refractivity contribution in [3.8, 4) is 11.3 Å². The second-order valence-corrected chi connectivity index (χ2v) is 8.57. The fraction of sp³-hybridized carbons (Fsp3) is 0.571. The zero-order valence-corrected chi connectivity index (χ0v) is 17.0. The van der Waals surface area contributed by atoms with Crippen LogP contribution in [0, 0.1) is 5.82 Å². The molecule has 0 amide bonds. The number of piperidine rings is 1. The van der Waals surface area contributed by atoms with Crippen molar-refractivity contribution in [3.05, 3.63) is 41.6 Å². The van der Waals surface area contributed by atoms with Crippen LogP contribution in [0.2, 0.25) is 0 Å². The lowest BCUT2D eigenvalue weighted by atomic mass is 9.97. The van der Waals surface area contributed by atoms with E-state index in [9.17, 15) is 17.6 Å². The van der Waals surface area contributed by atoms with E-state index in [1.807, 2.05) is 4.57 Å². The van der Waals surface area contributed by atoms with Gasteiger partial charge in [-0.2, -0.15) is 13.2 Å². The van der Waals surface area contributed by atoms with E-state index in [2.05, 4.69) is 36.4 Å². The lowest BCUT2D eigenvalue weighted by molar-refractivity contribution is -0.139. The first-order valence-corrected chi connectivity index (χ1v) is 9.94. The summed E-state index contributed by atoms with van der Waals surface area (Å²) in [5.41, 5.74) is -0.574. The van der Waals surface area contributed by atoms with Gasteiger partial charge in [0, 0.05) is 36.3 Å². The average molecular weight is 412 g/mol. The molecule has 0 atom stereocenters. The topological polar surface area (TPSA) is 41.9 Å². The highest BCUT2D eigenvalue weighted by Gasteiger charge is 2.34. The third-order valence-corrected chi connectivity index (χ3v) is 5.09. The molecule has 0 aliphatic carbocycles. The van der Waals surface area contributed by atoms with Crippen molar-refractivity contribution >= 4 is 0 Å². The molecule has 2 N–H and O–H groups in total. The molecule has 4 nitrogen and oxygen atoms in total. The molecule has 29 heavy (non-hydrogen) atoms. The molecule has 0 radical (unpaired) electrons. The molecule has 1 aliphatic rings. The Balaban J connectivity index is 1.93. The van der Waals surface area contributed by atoms with Crippen LogP contribution in [0.1, 0.15) is 50.9 Å². The Labute approximate surface area is 168 Å². The smallest absolute Gasteiger partial charge is 0.333 e. The van der Waals surface area contributed by atoms with Gasteiger partial charge in [-0.1, -0.05) is 0 Å². The number of imidazole rings is 1. The molecule has 2 heterocycles. The summed E-state index contributed by atoms with van der Waals surface area (Å²) in [6, 6.07) is 3.07. The number of halogens is 4. The van der Waals surface area contributed by atoms with Crippen LogP contribution in [0.25, 0.3) is 11.3 Å². The third-order valence-electron chi connectivity index (χ3n) is 5.09. The minimum atomic E-state index is -4.74. The molecule has 2 aromatic rings. The first-order valence-electron chi connectivity index (χ1n) is 9.94. The monoisotopic (exact) mass is 412 g/mol. The minimum absolute atomic E-state index is 0.0309. The summed E-state index contributed by atoms with van der Waals surface area (Å²) in [6.07, 6.45) is -1.09. The van der Waals surface area contributed by atoms with Crippen LogP contribution in [0.15, 0.2) is 24.4 Å². The van der Waals surface area contributed by atoms with Crippen molar-refractivity contribution in [2.24, 2.45) is 0 Å². The summed E-state index contributed by atoms with van der Waals surface area (Å²) in [5.74, 6) is -0.133. The SMILES string of the molecule is CC(C)(C)NCCn1cc(-c2ccc(F)c(C(F)(F)F)c2)nc1C1CCNCC1. The highest BCUT2D eigenvalue weighted by Crippen LogP contribution is 2.35. The van der Waals surface area contributed by atoms with E-state index in [0.29, 0.717) is 18.8 Å². The number of aromatic nitrogens is 2. The molecule has 0 spiro atoms. The van der Waals surface area contributed by atoms with Crippen molar-refractivity contribution < 1.29 is 17.6 Å². The van der Waals surface area contributed by atoms with Crippen molar-refractivity contribution in [1.29, 1.82) is 0 Å². The van der Waals surface area contributed by atoms with Gasteiger partial charge in [0.05, 0.1) is 11.3 Å². The lowest BCUT2D eigenvalue weighted by Crippen LogP contribution is -2.38. The van der Waals surface area contributed by atoms with Gasteiger partial charge in [-0.3, -0.25) is 0 Å². The Morgan fingerprint density at radius 3 is 2.48 bits per heavy atom. The molecule has 0 saturated carbocycles. The summed E-state index contributed by atoms with van der Waals surface area (Å²) < 4.78 is 55.1. The first kappa shape index (κ1) is 21.8. The molecule has 160 valence electrons. The van der Waals surface area contributed by atoms with Crippen LogP contribution in [-0.4, -0.2) is 34.7 Å². The van der Waals surface area contributed by atoms with E-state index in [0.717, 1.165) is 43.9 Å². The molecular weight excluding hydrogens is 384 g/mol. The van der Waals surface area contributed by atoms with Crippen LogP contribution in [0.4, 0.5) is 17.6 Å². The molecule has 1 aromatic carbocycles. The van der Waals surface area contributed by atoms with Gasteiger partial charge in [-0.25, -0.2) is 9.37 Å². The number of rotatable bonds is 5. The molecule has 0 unspecified atom stereocenters. The molecule has 3 rings (SSSR count). The number of nitrogens with one attached hydrogen (secondary N) is 2. The normalized spacial score (nSPS) is 16.4. The Hall–Kier alpha value is -1.93. The van der Waals surface area contributed by atoms with Gasteiger partial charge in [-0.05, 0) is 64.9 Å². The Morgan fingerprint density at radius 2 is 1.86 bits per heavy atom. The van der Waals surface area contributed by atoms with Gasteiger partial charge in [0.2, 0.25) is 0 Å². The summed E-state index contributed by atoms with van der Waals surface area (Å²) >= 11 is 0. The largest absolute Gasteiger partial charge is 0.419 e. The average Bonchev–Trinajstić information content (AvgIpc) is 3.05. The second kappa shape index (κ2) is 8.44. The van der Waals surface area contributed by atoms with Crippen molar-refractivity contribution in [3.63, 3.8) is 0 Å². The molecule has 0 bridgehead atoms. The maximum absolute atomic E-state index is 13.7. The van der Waals surface area contributed by atoms with Gasteiger partial charge in [-0.15, -0.1) is 0 Å². The standard InChI is InChI=1S/C21H28F4N4/c1-20(2,3)27-10-11-29-13-18(28-19(29)14-6-8-26-9-7-14)15-4-5-17(22)16(12-15)21(23,24)25/h4-5,12-14,26-27H,6-11H2,1-3H3.